The van der Waals surface area contributed by atoms with Gasteiger partial charge in [-0.1, -0.05) is 92.4 Å². The molecule has 1 aliphatic heterocycles. The van der Waals surface area contributed by atoms with E-state index in [2.05, 4.69) is 104 Å². The first-order valence-electron chi connectivity index (χ1n) is 11.4. The van der Waals surface area contributed by atoms with Gasteiger partial charge in [0, 0.05) is 18.5 Å². The fraction of sp³-hybridized carbons (Fsp3) is 0.161. The van der Waals surface area contributed by atoms with E-state index < -0.39 is 0 Å². The number of nitrogens with zero attached hydrogens (tertiary/aromatic N) is 1. The van der Waals surface area contributed by atoms with E-state index in [1.807, 2.05) is 25.2 Å². The summed E-state index contributed by atoms with van der Waals surface area (Å²) < 4.78 is 6.22. The molecule has 0 fully saturated rings. The zero-order valence-electron chi connectivity index (χ0n) is 19.5. The molecular formula is C31H29NO. The molecule has 0 aromatic heterocycles. The summed E-state index contributed by atoms with van der Waals surface area (Å²) in [5, 5.41) is 2.53. The molecule has 0 aliphatic carbocycles. The Bertz CT molecular complexity index is 1370. The zero-order valence-corrected chi connectivity index (χ0v) is 19.5. The lowest BCUT2D eigenvalue weighted by molar-refractivity contribution is 0.440. The molecule has 2 nitrogen and oxygen atoms in total. The first kappa shape index (κ1) is 21.1. The molecule has 1 heterocycles. The summed E-state index contributed by atoms with van der Waals surface area (Å²) in [6, 6.07) is 31.9. The molecule has 0 bridgehead atoms. The molecule has 1 atom stereocenters. The molecule has 0 spiro atoms. The molecule has 5 rings (SSSR count). The number of fused-ring (bicyclic) bond motifs is 2. The molecule has 4 aromatic rings. The lowest BCUT2D eigenvalue weighted by atomic mass is 9.69. The fourth-order valence-corrected chi connectivity index (χ4v) is 5.03. The largest absolute Gasteiger partial charge is 0.439 e. The highest BCUT2D eigenvalue weighted by molar-refractivity contribution is 5.88. The van der Waals surface area contributed by atoms with Gasteiger partial charge in [-0.25, -0.2) is 0 Å². The van der Waals surface area contributed by atoms with Crippen LogP contribution < -0.4 is 9.64 Å². The van der Waals surface area contributed by atoms with Crippen LogP contribution in [0.4, 0.5) is 5.69 Å². The van der Waals surface area contributed by atoms with E-state index in [4.69, 9.17) is 4.74 Å². The van der Waals surface area contributed by atoms with Crippen LogP contribution in [0.2, 0.25) is 0 Å². The summed E-state index contributed by atoms with van der Waals surface area (Å²) in [6.07, 6.45) is 2.96. The second-order valence-electron chi connectivity index (χ2n) is 9.11. The van der Waals surface area contributed by atoms with Crippen molar-refractivity contribution in [2.45, 2.75) is 25.7 Å². The third-order valence-corrected chi connectivity index (χ3v) is 6.87. The molecule has 0 saturated heterocycles. The number of benzene rings is 4. The van der Waals surface area contributed by atoms with Crippen molar-refractivity contribution in [3.05, 3.63) is 132 Å². The predicted molar refractivity (Wildman–Crippen MR) is 139 cm³/mol. The zero-order chi connectivity index (χ0) is 23.0. The Kier molecular flexibility index (Phi) is 5.30. The van der Waals surface area contributed by atoms with E-state index in [1.54, 1.807) is 0 Å². The smallest absolute Gasteiger partial charge is 0.200 e. The minimum absolute atomic E-state index is 0.321. The number of para-hydroxylation sites is 2. The SMILES string of the molecule is C=C(/C=C1\Oc2ccccc2N1C)C(C)(Cc1ccccc1)c1c(C)ccc2ccccc12. The maximum atomic E-state index is 6.22. The molecular weight excluding hydrogens is 402 g/mol. The Morgan fingerprint density at radius 2 is 1.61 bits per heavy atom. The molecule has 0 N–H and O–H groups in total. The second-order valence-corrected chi connectivity index (χ2v) is 9.11. The topological polar surface area (TPSA) is 12.5 Å². The molecule has 0 amide bonds. The highest BCUT2D eigenvalue weighted by Gasteiger charge is 2.34. The van der Waals surface area contributed by atoms with E-state index in [0.29, 0.717) is 0 Å². The first-order valence-corrected chi connectivity index (χ1v) is 11.4. The number of anilines is 1. The average Bonchev–Trinajstić information content (AvgIpc) is 3.14. The van der Waals surface area contributed by atoms with Gasteiger partial charge in [0.15, 0.2) is 5.75 Å². The molecule has 0 saturated carbocycles. The quantitative estimate of drug-likeness (QED) is 0.323. The van der Waals surface area contributed by atoms with Gasteiger partial charge in [0.1, 0.15) is 0 Å². The summed E-state index contributed by atoms with van der Waals surface area (Å²) >= 11 is 0. The number of hydrogen-bond acceptors (Lipinski definition) is 2. The third kappa shape index (κ3) is 3.72. The van der Waals surface area contributed by atoms with Crippen LogP contribution in [0.3, 0.4) is 0 Å². The van der Waals surface area contributed by atoms with E-state index in [9.17, 15) is 0 Å². The Morgan fingerprint density at radius 3 is 2.39 bits per heavy atom. The normalized spacial score (nSPS) is 15.8. The van der Waals surface area contributed by atoms with E-state index in [1.165, 1.54) is 27.5 Å². The van der Waals surface area contributed by atoms with Crippen molar-refractivity contribution in [1.29, 1.82) is 0 Å². The van der Waals surface area contributed by atoms with Gasteiger partial charge >= 0.3 is 0 Å². The summed E-state index contributed by atoms with van der Waals surface area (Å²) in [5.74, 6) is 1.68. The van der Waals surface area contributed by atoms with Crippen molar-refractivity contribution in [3.8, 4) is 5.75 Å². The second kappa shape index (κ2) is 8.29. The predicted octanol–water partition coefficient (Wildman–Crippen LogP) is 7.58. The lowest BCUT2D eigenvalue weighted by Crippen LogP contribution is -2.29. The lowest BCUT2D eigenvalue weighted by Gasteiger charge is -2.34. The highest BCUT2D eigenvalue weighted by Crippen LogP contribution is 2.43. The fourth-order valence-electron chi connectivity index (χ4n) is 5.03. The van der Waals surface area contributed by atoms with Crippen LogP contribution >= 0.6 is 0 Å². The summed E-state index contributed by atoms with van der Waals surface area (Å²) in [5.41, 5.74) is 5.66. The maximum absolute atomic E-state index is 6.22. The number of allylic oxidation sites excluding steroid dienone is 2. The van der Waals surface area contributed by atoms with Crippen LogP contribution in [0.5, 0.6) is 5.75 Å². The van der Waals surface area contributed by atoms with Crippen molar-refractivity contribution in [2.75, 3.05) is 11.9 Å². The molecule has 164 valence electrons. The number of hydrogen-bond donors (Lipinski definition) is 0. The van der Waals surface area contributed by atoms with Gasteiger partial charge in [-0.2, -0.15) is 0 Å². The molecule has 0 radical (unpaired) electrons. The standard InChI is InChI=1S/C31H29NO/c1-22-18-19-25-14-8-9-15-26(25)30(22)31(3,21-24-12-6-5-7-13-24)23(2)20-29-32(4)27-16-10-11-17-28(27)33-29/h5-20H,2,21H2,1,3-4H3/b29-20-. The van der Waals surface area contributed by atoms with Crippen LogP contribution in [0, 0.1) is 6.92 Å². The Hall–Kier alpha value is -3.78. The molecule has 1 unspecified atom stereocenters. The van der Waals surface area contributed by atoms with Crippen molar-refractivity contribution in [2.24, 2.45) is 0 Å². The van der Waals surface area contributed by atoms with Gasteiger partial charge in [-0.15, -0.1) is 0 Å². The summed E-state index contributed by atoms with van der Waals surface area (Å²) in [7, 11) is 2.04. The van der Waals surface area contributed by atoms with Crippen molar-refractivity contribution in [3.63, 3.8) is 0 Å². The van der Waals surface area contributed by atoms with Crippen LogP contribution in [0.15, 0.2) is 115 Å². The van der Waals surface area contributed by atoms with E-state index in [0.717, 1.165) is 29.3 Å². The molecule has 4 aromatic carbocycles. The highest BCUT2D eigenvalue weighted by atomic mass is 16.5. The Balaban J connectivity index is 1.65. The van der Waals surface area contributed by atoms with Gasteiger partial charge in [0.2, 0.25) is 5.88 Å². The van der Waals surface area contributed by atoms with Crippen LogP contribution in [0.25, 0.3) is 10.8 Å². The van der Waals surface area contributed by atoms with Crippen molar-refractivity contribution in [1.82, 2.24) is 0 Å². The maximum Gasteiger partial charge on any atom is 0.200 e. The Labute approximate surface area is 196 Å². The summed E-state index contributed by atoms with van der Waals surface area (Å²) in [6.45, 7) is 9.15. The first-order chi connectivity index (χ1) is 16.0. The minimum atomic E-state index is -0.321. The van der Waals surface area contributed by atoms with Gasteiger partial charge in [-0.3, -0.25) is 0 Å². The van der Waals surface area contributed by atoms with Gasteiger partial charge in [0.05, 0.1) is 5.69 Å². The van der Waals surface area contributed by atoms with E-state index in [-0.39, 0.29) is 5.41 Å². The number of ether oxygens (including phenoxy) is 1. The number of aryl methyl sites for hydroxylation is 1. The summed E-state index contributed by atoms with van der Waals surface area (Å²) in [4.78, 5) is 2.10. The monoisotopic (exact) mass is 431 g/mol. The average molecular weight is 432 g/mol. The van der Waals surface area contributed by atoms with Crippen LogP contribution in [-0.2, 0) is 11.8 Å². The van der Waals surface area contributed by atoms with Gasteiger partial charge in [-0.05, 0) is 58.5 Å². The number of rotatable bonds is 5. The van der Waals surface area contributed by atoms with Crippen molar-refractivity contribution < 1.29 is 4.74 Å². The van der Waals surface area contributed by atoms with Gasteiger partial charge < -0.3 is 9.64 Å². The Morgan fingerprint density at radius 1 is 0.909 bits per heavy atom. The van der Waals surface area contributed by atoms with Crippen molar-refractivity contribution >= 4 is 16.5 Å². The van der Waals surface area contributed by atoms with E-state index >= 15 is 0 Å². The molecule has 2 heteroatoms. The molecule has 1 aliphatic rings. The van der Waals surface area contributed by atoms with Gasteiger partial charge in [0.25, 0.3) is 0 Å². The molecule has 33 heavy (non-hydrogen) atoms. The van der Waals surface area contributed by atoms with Crippen LogP contribution in [0.1, 0.15) is 23.6 Å². The van der Waals surface area contributed by atoms with Crippen LogP contribution in [-0.4, -0.2) is 7.05 Å². The third-order valence-electron chi connectivity index (χ3n) is 6.87. The minimum Gasteiger partial charge on any atom is -0.439 e.